The summed E-state index contributed by atoms with van der Waals surface area (Å²) in [6.45, 7) is 2.04. The molecule has 3 rings (SSSR count). The van der Waals surface area contributed by atoms with Crippen LogP contribution in [0.5, 0.6) is 0 Å². The number of hydrogen-bond donors (Lipinski definition) is 2. The molecule has 18 heavy (non-hydrogen) atoms. The summed E-state index contributed by atoms with van der Waals surface area (Å²) >= 11 is 6.00. The predicted molar refractivity (Wildman–Crippen MR) is 75.7 cm³/mol. The molecular weight excluding hydrogens is 246 g/mol. The Morgan fingerprint density at radius 3 is 2.83 bits per heavy atom. The van der Waals surface area contributed by atoms with Crippen LogP contribution < -0.4 is 5.73 Å². The van der Waals surface area contributed by atoms with Crippen LogP contribution in [-0.2, 0) is 0 Å². The fourth-order valence-electron chi connectivity index (χ4n) is 2.04. The third kappa shape index (κ3) is 1.73. The second-order valence-electron chi connectivity index (χ2n) is 4.29. The van der Waals surface area contributed by atoms with Crippen molar-refractivity contribution in [2.24, 2.45) is 0 Å². The molecule has 0 aliphatic heterocycles. The van der Waals surface area contributed by atoms with Crippen molar-refractivity contribution < 1.29 is 0 Å². The highest BCUT2D eigenvalue weighted by atomic mass is 35.5. The molecule has 3 N–H and O–H groups in total. The fraction of sp³-hybridized carbons (Fsp3) is 0.0714. The molecule has 0 aliphatic rings. The van der Waals surface area contributed by atoms with Gasteiger partial charge >= 0.3 is 0 Å². The first-order chi connectivity index (χ1) is 8.65. The summed E-state index contributed by atoms with van der Waals surface area (Å²) in [5.74, 6) is 0.749. The van der Waals surface area contributed by atoms with Crippen molar-refractivity contribution in [1.29, 1.82) is 0 Å². The number of para-hydroxylation sites is 1. The highest BCUT2D eigenvalue weighted by Gasteiger charge is 2.10. The van der Waals surface area contributed by atoms with Crippen LogP contribution >= 0.6 is 11.6 Å². The fourth-order valence-corrected chi connectivity index (χ4v) is 2.21. The van der Waals surface area contributed by atoms with Crippen molar-refractivity contribution in [3.63, 3.8) is 0 Å². The number of halogens is 1. The van der Waals surface area contributed by atoms with Gasteiger partial charge in [-0.1, -0.05) is 23.7 Å². The number of H-pyrrole nitrogens is 1. The average Bonchev–Trinajstić information content (AvgIpc) is 2.77. The van der Waals surface area contributed by atoms with Gasteiger partial charge in [0.1, 0.15) is 5.82 Å². The first-order valence-corrected chi connectivity index (χ1v) is 6.03. The van der Waals surface area contributed by atoms with Gasteiger partial charge in [-0.3, -0.25) is 0 Å². The number of nitrogens with zero attached hydrogens (tertiary/aromatic N) is 1. The minimum Gasteiger partial charge on any atom is -0.398 e. The van der Waals surface area contributed by atoms with Crippen LogP contribution in [0, 0.1) is 6.92 Å². The van der Waals surface area contributed by atoms with E-state index in [2.05, 4.69) is 9.97 Å². The summed E-state index contributed by atoms with van der Waals surface area (Å²) in [5, 5.41) is 0.649. The second kappa shape index (κ2) is 4.03. The van der Waals surface area contributed by atoms with Gasteiger partial charge in [0.2, 0.25) is 0 Å². The largest absolute Gasteiger partial charge is 0.398 e. The number of aromatic amines is 1. The summed E-state index contributed by atoms with van der Waals surface area (Å²) in [5.41, 5.74) is 10.6. The average molecular weight is 258 g/mol. The molecule has 1 aromatic heterocycles. The van der Waals surface area contributed by atoms with Crippen molar-refractivity contribution in [3.05, 3.63) is 47.0 Å². The molecule has 1 heterocycles. The number of aryl methyl sites for hydroxylation is 1. The molecule has 3 aromatic rings. The summed E-state index contributed by atoms with van der Waals surface area (Å²) < 4.78 is 0. The number of anilines is 1. The first kappa shape index (κ1) is 11.1. The lowest BCUT2D eigenvalue weighted by Gasteiger charge is -2.02. The van der Waals surface area contributed by atoms with Crippen LogP contribution in [0.25, 0.3) is 22.4 Å². The van der Waals surface area contributed by atoms with E-state index in [1.165, 1.54) is 0 Å². The van der Waals surface area contributed by atoms with E-state index in [1.807, 2.05) is 31.2 Å². The summed E-state index contributed by atoms with van der Waals surface area (Å²) in [7, 11) is 0. The van der Waals surface area contributed by atoms with E-state index < -0.39 is 0 Å². The van der Waals surface area contributed by atoms with E-state index in [1.54, 1.807) is 12.1 Å². The number of benzene rings is 2. The molecule has 4 heteroatoms. The van der Waals surface area contributed by atoms with E-state index in [9.17, 15) is 0 Å². The normalized spacial score (nSPS) is 11.0. The molecule has 2 aromatic carbocycles. The number of nitrogens with two attached hydrogens (primary N) is 1. The van der Waals surface area contributed by atoms with Gasteiger partial charge in [-0.05, 0) is 36.8 Å². The van der Waals surface area contributed by atoms with Gasteiger partial charge in [0.05, 0.1) is 11.0 Å². The van der Waals surface area contributed by atoms with E-state index in [0.717, 1.165) is 28.0 Å². The molecule has 0 fully saturated rings. The van der Waals surface area contributed by atoms with Crippen LogP contribution in [0.3, 0.4) is 0 Å². The number of nitrogens with one attached hydrogen (secondary N) is 1. The van der Waals surface area contributed by atoms with E-state index in [0.29, 0.717) is 10.7 Å². The molecule has 0 atom stereocenters. The predicted octanol–water partition coefficient (Wildman–Crippen LogP) is 3.77. The number of nitrogen functional groups attached to an aromatic ring is 1. The van der Waals surface area contributed by atoms with Gasteiger partial charge in [0.15, 0.2) is 0 Å². The van der Waals surface area contributed by atoms with E-state index in [4.69, 9.17) is 17.3 Å². The number of rotatable bonds is 1. The lowest BCUT2D eigenvalue weighted by molar-refractivity contribution is 1.33. The molecular formula is C14H12ClN3. The van der Waals surface area contributed by atoms with Crippen molar-refractivity contribution in [2.75, 3.05) is 5.73 Å². The zero-order valence-electron chi connectivity index (χ0n) is 9.87. The summed E-state index contributed by atoms with van der Waals surface area (Å²) in [4.78, 5) is 7.86. The Balaban J connectivity index is 2.26. The van der Waals surface area contributed by atoms with E-state index in [-0.39, 0.29) is 0 Å². The van der Waals surface area contributed by atoms with Gasteiger partial charge in [0.25, 0.3) is 0 Å². The summed E-state index contributed by atoms with van der Waals surface area (Å²) in [6.07, 6.45) is 0. The molecule has 0 bridgehead atoms. The van der Waals surface area contributed by atoms with Gasteiger partial charge in [0, 0.05) is 16.3 Å². The molecule has 0 unspecified atom stereocenters. The van der Waals surface area contributed by atoms with E-state index >= 15 is 0 Å². The van der Waals surface area contributed by atoms with Gasteiger partial charge in [-0.15, -0.1) is 0 Å². The van der Waals surface area contributed by atoms with Gasteiger partial charge < -0.3 is 10.7 Å². The number of hydrogen-bond acceptors (Lipinski definition) is 2. The highest BCUT2D eigenvalue weighted by Crippen LogP contribution is 2.29. The van der Waals surface area contributed by atoms with Crippen LogP contribution in [0.1, 0.15) is 5.56 Å². The van der Waals surface area contributed by atoms with Crippen LogP contribution in [-0.4, -0.2) is 9.97 Å². The maximum atomic E-state index is 6.00. The Labute approximate surface area is 110 Å². The summed E-state index contributed by atoms with van der Waals surface area (Å²) in [6, 6.07) is 11.4. The Morgan fingerprint density at radius 1 is 1.22 bits per heavy atom. The number of imidazole rings is 1. The Morgan fingerprint density at radius 2 is 2.06 bits per heavy atom. The topological polar surface area (TPSA) is 54.7 Å². The van der Waals surface area contributed by atoms with Gasteiger partial charge in [-0.2, -0.15) is 0 Å². The zero-order chi connectivity index (χ0) is 12.7. The zero-order valence-corrected chi connectivity index (χ0v) is 10.6. The molecule has 0 radical (unpaired) electrons. The first-order valence-electron chi connectivity index (χ1n) is 5.66. The molecule has 0 spiro atoms. The molecule has 0 saturated heterocycles. The van der Waals surface area contributed by atoms with Crippen LogP contribution in [0.2, 0.25) is 5.02 Å². The molecule has 0 saturated carbocycles. The minimum atomic E-state index is 0.649. The Kier molecular flexibility index (Phi) is 2.49. The molecule has 3 nitrogen and oxygen atoms in total. The van der Waals surface area contributed by atoms with Crippen molar-refractivity contribution in [1.82, 2.24) is 9.97 Å². The van der Waals surface area contributed by atoms with Crippen molar-refractivity contribution >= 4 is 28.3 Å². The quantitative estimate of drug-likeness (QED) is 0.652. The lowest BCUT2D eigenvalue weighted by atomic mass is 10.2. The number of aromatic nitrogens is 2. The number of fused-ring (bicyclic) bond motifs is 1. The van der Waals surface area contributed by atoms with Crippen molar-refractivity contribution in [2.45, 2.75) is 6.92 Å². The third-order valence-corrected chi connectivity index (χ3v) is 3.22. The molecule has 0 aliphatic carbocycles. The second-order valence-corrected chi connectivity index (χ2v) is 4.72. The minimum absolute atomic E-state index is 0.649. The van der Waals surface area contributed by atoms with Crippen LogP contribution in [0.15, 0.2) is 36.4 Å². The highest BCUT2D eigenvalue weighted by molar-refractivity contribution is 6.31. The molecule has 90 valence electrons. The SMILES string of the molecule is Cc1cccc2[nH]c(-c3cc(Cl)ccc3N)nc12. The standard InChI is InChI=1S/C14H12ClN3/c1-8-3-2-4-12-13(8)18-14(17-12)10-7-9(15)5-6-11(10)16/h2-7H,16H2,1H3,(H,17,18). The van der Waals surface area contributed by atoms with Gasteiger partial charge in [-0.25, -0.2) is 4.98 Å². The Bertz CT molecular complexity index is 731. The lowest BCUT2D eigenvalue weighted by Crippen LogP contribution is -1.90. The maximum Gasteiger partial charge on any atom is 0.140 e. The smallest absolute Gasteiger partial charge is 0.140 e. The molecule has 0 amide bonds. The maximum absolute atomic E-state index is 6.00. The Hall–Kier alpha value is -2.00. The third-order valence-electron chi connectivity index (χ3n) is 2.98. The monoisotopic (exact) mass is 257 g/mol. The van der Waals surface area contributed by atoms with Crippen LogP contribution in [0.4, 0.5) is 5.69 Å². The van der Waals surface area contributed by atoms with Crippen molar-refractivity contribution in [3.8, 4) is 11.4 Å².